The second-order valence-corrected chi connectivity index (χ2v) is 7.45. The molecule has 0 saturated carbocycles. The number of halogens is 2. The molecular formula is C20H22F2N2OS. The van der Waals surface area contributed by atoms with Gasteiger partial charge in [0.2, 0.25) is 0 Å². The van der Waals surface area contributed by atoms with Crippen molar-refractivity contribution in [2.24, 2.45) is 0 Å². The maximum absolute atomic E-state index is 12.3. The predicted octanol–water partition coefficient (Wildman–Crippen LogP) is 4.53. The number of amides is 1. The summed E-state index contributed by atoms with van der Waals surface area (Å²) in [7, 11) is 0. The Hall–Kier alpha value is -1.92. The number of likely N-dealkylation sites (tertiary alicyclic amines) is 1. The Labute approximate surface area is 156 Å². The molecule has 2 aromatic rings. The van der Waals surface area contributed by atoms with Crippen LogP contribution in [-0.2, 0) is 13.1 Å². The molecule has 138 valence electrons. The molecule has 1 saturated heterocycles. The van der Waals surface area contributed by atoms with Crippen molar-refractivity contribution in [2.75, 3.05) is 13.1 Å². The molecule has 1 amide bonds. The molecule has 1 aliphatic rings. The molecule has 0 unspecified atom stereocenters. The number of carbonyl (C=O) groups excluding carboxylic acids is 1. The molecule has 1 aliphatic heterocycles. The van der Waals surface area contributed by atoms with Crippen molar-refractivity contribution >= 4 is 17.7 Å². The Bertz CT molecular complexity index is 714. The van der Waals surface area contributed by atoms with Crippen LogP contribution in [-0.4, -0.2) is 29.7 Å². The fraction of sp³-hybridized carbons (Fsp3) is 0.350. The van der Waals surface area contributed by atoms with Gasteiger partial charge in [0.25, 0.3) is 11.7 Å². The van der Waals surface area contributed by atoms with Crippen molar-refractivity contribution in [1.82, 2.24) is 10.2 Å². The normalized spacial score (nSPS) is 14.7. The van der Waals surface area contributed by atoms with Crippen molar-refractivity contribution in [3.05, 3.63) is 65.2 Å². The minimum atomic E-state index is -2.46. The van der Waals surface area contributed by atoms with Gasteiger partial charge in [0.15, 0.2) is 0 Å². The van der Waals surface area contributed by atoms with E-state index in [0.717, 1.165) is 12.1 Å². The predicted molar refractivity (Wildman–Crippen MR) is 100 cm³/mol. The summed E-state index contributed by atoms with van der Waals surface area (Å²) in [5.74, 6) is -2.66. The summed E-state index contributed by atoms with van der Waals surface area (Å²) in [5, 5.41) is 2.86. The smallest absolute Gasteiger partial charge is 0.288 e. The number of thioether (sulfide) groups is 1. The Kier molecular flexibility index (Phi) is 6.63. The van der Waals surface area contributed by atoms with E-state index in [1.807, 2.05) is 12.1 Å². The summed E-state index contributed by atoms with van der Waals surface area (Å²) in [5.41, 5.74) is 2.79. The first-order valence-corrected chi connectivity index (χ1v) is 9.61. The maximum atomic E-state index is 12.3. The van der Waals surface area contributed by atoms with Crippen LogP contribution in [0, 0.1) is 0 Å². The monoisotopic (exact) mass is 376 g/mol. The molecule has 3 rings (SSSR count). The van der Waals surface area contributed by atoms with Crippen LogP contribution >= 0.6 is 11.8 Å². The van der Waals surface area contributed by atoms with Gasteiger partial charge >= 0.3 is 0 Å². The molecule has 0 aliphatic carbocycles. The number of benzene rings is 2. The number of rotatable bonds is 7. The summed E-state index contributed by atoms with van der Waals surface area (Å²) < 4.78 is 24.6. The van der Waals surface area contributed by atoms with Gasteiger partial charge in [-0.05, 0) is 61.3 Å². The lowest BCUT2D eigenvalue weighted by molar-refractivity contribution is 0.0951. The first-order chi connectivity index (χ1) is 12.6. The van der Waals surface area contributed by atoms with E-state index in [-0.39, 0.29) is 5.91 Å². The first kappa shape index (κ1) is 18.9. The Balaban J connectivity index is 1.49. The van der Waals surface area contributed by atoms with Gasteiger partial charge in [0, 0.05) is 23.5 Å². The molecule has 6 heteroatoms. The summed E-state index contributed by atoms with van der Waals surface area (Å²) in [6.45, 7) is 3.77. The molecule has 2 aromatic carbocycles. The number of carbonyl (C=O) groups is 1. The van der Waals surface area contributed by atoms with E-state index in [4.69, 9.17) is 0 Å². The van der Waals surface area contributed by atoms with E-state index in [1.165, 1.54) is 31.5 Å². The number of hydrogen-bond donors (Lipinski definition) is 1. The molecule has 1 heterocycles. The van der Waals surface area contributed by atoms with Crippen molar-refractivity contribution in [3.63, 3.8) is 0 Å². The minimum absolute atomic E-state index is 0.209. The van der Waals surface area contributed by atoms with Crippen LogP contribution in [0.1, 0.15) is 34.3 Å². The van der Waals surface area contributed by atoms with Gasteiger partial charge in [-0.2, -0.15) is 8.78 Å². The van der Waals surface area contributed by atoms with Gasteiger partial charge in [0.1, 0.15) is 0 Å². The van der Waals surface area contributed by atoms with E-state index in [0.29, 0.717) is 28.8 Å². The van der Waals surface area contributed by atoms with Gasteiger partial charge in [-0.25, -0.2) is 0 Å². The fourth-order valence-electron chi connectivity index (χ4n) is 3.03. The zero-order valence-electron chi connectivity index (χ0n) is 14.5. The molecule has 1 fully saturated rings. The van der Waals surface area contributed by atoms with Crippen molar-refractivity contribution in [2.45, 2.75) is 36.6 Å². The van der Waals surface area contributed by atoms with Crippen LogP contribution in [0.3, 0.4) is 0 Å². The molecule has 3 nitrogen and oxygen atoms in total. The van der Waals surface area contributed by atoms with Crippen LogP contribution in [0.15, 0.2) is 53.4 Å². The highest BCUT2D eigenvalue weighted by molar-refractivity contribution is 7.99. The molecule has 0 aromatic heterocycles. The zero-order valence-corrected chi connectivity index (χ0v) is 15.3. The maximum Gasteiger partial charge on any atom is 0.288 e. The van der Waals surface area contributed by atoms with E-state index < -0.39 is 5.76 Å². The lowest BCUT2D eigenvalue weighted by atomic mass is 10.1. The summed E-state index contributed by atoms with van der Waals surface area (Å²) in [4.78, 5) is 15.1. The third kappa shape index (κ3) is 5.54. The summed E-state index contributed by atoms with van der Waals surface area (Å²) in [6.07, 6.45) is 2.57. The standard InChI is InChI=1S/C20H22F2N2OS/c21-20(22)26-18-9-7-17(8-10-18)19(25)23-13-15-3-5-16(6-4-15)14-24-11-1-2-12-24/h3-10,20H,1-2,11-14H2,(H,23,25). The average Bonchev–Trinajstić information content (AvgIpc) is 3.14. The van der Waals surface area contributed by atoms with Gasteiger partial charge in [-0.3, -0.25) is 9.69 Å². The van der Waals surface area contributed by atoms with Crippen LogP contribution in [0.4, 0.5) is 8.78 Å². The molecule has 0 spiro atoms. The lowest BCUT2D eigenvalue weighted by Crippen LogP contribution is -2.22. The molecule has 0 radical (unpaired) electrons. The highest BCUT2D eigenvalue weighted by Crippen LogP contribution is 2.25. The Morgan fingerprint density at radius 3 is 2.23 bits per heavy atom. The molecule has 0 atom stereocenters. The van der Waals surface area contributed by atoms with Crippen LogP contribution < -0.4 is 5.32 Å². The van der Waals surface area contributed by atoms with Crippen LogP contribution in [0.5, 0.6) is 0 Å². The van der Waals surface area contributed by atoms with Gasteiger partial charge in [-0.1, -0.05) is 36.0 Å². The number of alkyl halides is 2. The largest absolute Gasteiger partial charge is 0.348 e. The summed E-state index contributed by atoms with van der Waals surface area (Å²) in [6, 6.07) is 14.5. The van der Waals surface area contributed by atoms with Crippen LogP contribution in [0.25, 0.3) is 0 Å². The van der Waals surface area contributed by atoms with Gasteiger partial charge in [-0.15, -0.1) is 0 Å². The van der Waals surface area contributed by atoms with Gasteiger partial charge in [0.05, 0.1) is 0 Å². The summed E-state index contributed by atoms with van der Waals surface area (Å²) >= 11 is 0.473. The highest BCUT2D eigenvalue weighted by Gasteiger charge is 2.12. The molecule has 0 bridgehead atoms. The SMILES string of the molecule is O=C(NCc1ccc(CN2CCCC2)cc1)c1ccc(SC(F)F)cc1. The molecule has 26 heavy (non-hydrogen) atoms. The average molecular weight is 376 g/mol. The Morgan fingerprint density at radius 1 is 1.00 bits per heavy atom. The topological polar surface area (TPSA) is 32.3 Å². The van der Waals surface area contributed by atoms with E-state index in [9.17, 15) is 13.6 Å². The fourth-order valence-corrected chi connectivity index (χ4v) is 3.53. The highest BCUT2D eigenvalue weighted by atomic mass is 32.2. The number of nitrogens with zero attached hydrogens (tertiary/aromatic N) is 1. The van der Waals surface area contributed by atoms with Gasteiger partial charge < -0.3 is 5.32 Å². The molecular weight excluding hydrogens is 354 g/mol. The lowest BCUT2D eigenvalue weighted by Gasteiger charge is -2.14. The third-order valence-electron chi connectivity index (χ3n) is 4.42. The first-order valence-electron chi connectivity index (χ1n) is 8.73. The van der Waals surface area contributed by atoms with E-state index in [1.54, 1.807) is 24.3 Å². The number of hydrogen-bond acceptors (Lipinski definition) is 3. The van der Waals surface area contributed by atoms with Crippen LogP contribution in [0.2, 0.25) is 0 Å². The second kappa shape index (κ2) is 9.14. The quantitative estimate of drug-likeness (QED) is 0.721. The number of nitrogens with one attached hydrogen (secondary N) is 1. The third-order valence-corrected chi connectivity index (χ3v) is 5.15. The zero-order chi connectivity index (χ0) is 18.4. The van der Waals surface area contributed by atoms with Crippen molar-refractivity contribution in [1.29, 1.82) is 0 Å². The van der Waals surface area contributed by atoms with Crippen molar-refractivity contribution in [3.8, 4) is 0 Å². The second-order valence-electron chi connectivity index (χ2n) is 6.39. The van der Waals surface area contributed by atoms with Crippen molar-refractivity contribution < 1.29 is 13.6 Å². The van der Waals surface area contributed by atoms with E-state index in [2.05, 4.69) is 22.3 Å². The minimum Gasteiger partial charge on any atom is -0.348 e. The van der Waals surface area contributed by atoms with E-state index >= 15 is 0 Å². The molecule has 1 N–H and O–H groups in total. The Morgan fingerprint density at radius 2 is 1.62 bits per heavy atom.